The highest BCUT2D eigenvalue weighted by Crippen LogP contribution is 2.40. The fourth-order valence-electron chi connectivity index (χ4n) is 2.16. The summed E-state index contributed by atoms with van der Waals surface area (Å²) in [7, 11) is 0. The molecular weight excluding hydrogens is 188 g/mol. The van der Waals surface area contributed by atoms with Gasteiger partial charge in [-0.25, -0.2) is 0 Å². The number of carboxylic acid groups (broad SMARTS) is 2. The Morgan fingerprint density at radius 2 is 1.86 bits per heavy atom. The number of hydrogen-bond donors (Lipinski definition) is 2. The fraction of sp³-hybridized carbons (Fsp3) is 0.556. The van der Waals surface area contributed by atoms with Gasteiger partial charge in [0.05, 0.1) is 24.5 Å². The molecule has 2 heterocycles. The molecule has 76 valence electrons. The molecule has 0 aliphatic carbocycles. The van der Waals surface area contributed by atoms with Crippen molar-refractivity contribution in [1.82, 2.24) is 0 Å². The third-order valence-electron chi connectivity index (χ3n) is 2.74. The van der Waals surface area contributed by atoms with E-state index in [2.05, 4.69) is 0 Å². The zero-order valence-corrected chi connectivity index (χ0v) is 7.29. The average Bonchev–Trinajstić information content (AvgIpc) is 2.61. The van der Waals surface area contributed by atoms with Crippen molar-refractivity contribution in [3.63, 3.8) is 0 Å². The van der Waals surface area contributed by atoms with Gasteiger partial charge in [0.25, 0.3) is 0 Å². The lowest BCUT2D eigenvalue weighted by atomic mass is 9.81. The second kappa shape index (κ2) is 3.09. The van der Waals surface area contributed by atoms with E-state index < -0.39 is 29.9 Å². The van der Waals surface area contributed by atoms with Crippen molar-refractivity contribution < 1.29 is 24.5 Å². The Kier molecular flexibility index (Phi) is 2.03. The SMILES string of the molecule is O=C(O)CC1C2C=CC(O2)C1C(=O)O. The quantitative estimate of drug-likeness (QED) is 0.629. The van der Waals surface area contributed by atoms with Crippen molar-refractivity contribution in [2.24, 2.45) is 11.8 Å². The molecule has 0 aromatic heterocycles. The number of aliphatic carboxylic acids is 2. The molecular formula is C9H10O5. The van der Waals surface area contributed by atoms with Crippen LogP contribution in [0.2, 0.25) is 0 Å². The number of ether oxygens (including phenoxy) is 1. The second-order valence-electron chi connectivity index (χ2n) is 3.58. The lowest BCUT2D eigenvalue weighted by Gasteiger charge is -2.19. The molecule has 2 bridgehead atoms. The van der Waals surface area contributed by atoms with Crippen LogP contribution in [0.25, 0.3) is 0 Å². The van der Waals surface area contributed by atoms with Crippen molar-refractivity contribution in [2.45, 2.75) is 18.6 Å². The summed E-state index contributed by atoms with van der Waals surface area (Å²) in [5, 5.41) is 17.5. The van der Waals surface area contributed by atoms with Crippen LogP contribution in [0, 0.1) is 11.8 Å². The highest BCUT2D eigenvalue weighted by molar-refractivity contribution is 5.75. The molecule has 5 nitrogen and oxygen atoms in total. The van der Waals surface area contributed by atoms with Gasteiger partial charge in [-0.2, -0.15) is 0 Å². The predicted octanol–water partition coefficient (Wildman–Crippen LogP) is 0.115. The highest BCUT2D eigenvalue weighted by atomic mass is 16.5. The summed E-state index contributed by atoms with van der Waals surface area (Å²) in [5.41, 5.74) is 0. The molecule has 0 spiro atoms. The molecule has 0 saturated carbocycles. The minimum atomic E-state index is -0.981. The first kappa shape index (κ1) is 9.21. The van der Waals surface area contributed by atoms with Crippen molar-refractivity contribution in [3.05, 3.63) is 12.2 Å². The average molecular weight is 198 g/mol. The van der Waals surface area contributed by atoms with Crippen molar-refractivity contribution in [1.29, 1.82) is 0 Å². The van der Waals surface area contributed by atoms with E-state index in [9.17, 15) is 9.59 Å². The molecule has 2 aliphatic rings. The molecule has 0 aromatic rings. The number of rotatable bonds is 3. The monoisotopic (exact) mass is 198 g/mol. The molecule has 5 heteroatoms. The molecule has 2 rings (SSSR count). The third kappa shape index (κ3) is 1.29. The standard InChI is InChI=1S/C9H10O5/c10-7(11)3-4-5-1-2-6(14-5)8(4)9(12)13/h1-2,4-6,8H,3H2,(H,10,11)(H,12,13). The van der Waals surface area contributed by atoms with Gasteiger partial charge in [-0.05, 0) is 0 Å². The molecule has 2 N–H and O–H groups in total. The van der Waals surface area contributed by atoms with Gasteiger partial charge in [-0.3, -0.25) is 9.59 Å². The van der Waals surface area contributed by atoms with Crippen LogP contribution in [0.3, 0.4) is 0 Å². The van der Waals surface area contributed by atoms with Crippen molar-refractivity contribution in [3.8, 4) is 0 Å². The molecule has 0 radical (unpaired) electrons. The van der Waals surface area contributed by atoms with E-state index in [1.807, 2.05) is 0 Å². The van der Waals surface area contributed by atoms with Gasteiger partial charge in [0, 0.05) is 5.92 Å². The van der Waals surface area contributed by atoms with Gasteiger partial charge < -0.3 is 14.9 Å². The zero-order chi connectivity index (χ0) is 10.3. The maximum absolute atomic E-state index is 10.9. The molecule has 14 heavy (non-hydrogen) atoms. The van der Waals surface area contributed by atoms with E-state index in [1.54, 1.807) is 12.2 Å². The van der Waals surface area contributed by atoms with Crippen LogP contribution in [0.1, 0.15) is 6.42 Å². The Hall–Kier alpha value is -1.36. The van der Waals surface area contributed by atoms with Crippen LogP contribution in [-0.4, -0.2) is 34.4 Å². The molecule has 2 aliphatic heterocycles. The van der Waals surface area contributed by atoms with Gasteiger partial charge in [-0.15, -0.1) is 0 Å². The first-order valence-corrected chi connectivity index (χ1v) is 4.38. The lowest BCUT2D eigenvalue weighted by Crippen LogP contribution is -2.32. The number of fused-ring (bicyclic) bond motifs is 2. The largest absolute Gasteiger partial charge is 0.481 e. The normalized spacial score (nSPS) is 38.9. The van der Waals surface area contributed by atoms with E-state index in [0.29, 0.717) is 0 Å². The fourth-order valence-corrected chi connectivity index (χ4v) is 2.16. The van der Waals surface area contributed by atoms with Crippen LogP contribution in [0.15, 0.2) is 12.2 Å². The highest BCUT2D eigenvalue weighted by Gasteiger charge is 2.50. The Morgan fingerprint density at radius 1 is 1.21 bits per heavy atom. The van der Waals surface area contributed by atoms with Gasteiger partial charge in [0.2, 0.25) is 0 Å². The summed E-state index contributed by atoms with van der Waals surface area (Å²) in [6, 6.07) is 0. The minimum absolute atomic E-state index is 0.150. The van der Waals surface area contributed by atoms with E-state index in [4.69, 9.17) is 14.9 Å². The first-order chi connectivity index (χ1) is 6.59. The zero-order valence-electron chi connectivity index (χ0n) is 7.29. The topological polar surface area (TPSA) is 83.8 Å². The van der Waals surface area contributed by atoms with Gasteiger partial charge in [0.1, 0.15) is 0 Å². The first-order valence-electron chi connectivity index (χ1n) is 4.38. The molecule has 4 atom stereocenters. The Bertz CT molecular complexity index is 308. The summed E-state index contributed by atoms with van der Waals surface area (Å²) in [4.78, 5) is 21.4. The second-order valence-corrected chi connectivity index (χ2v) is 3.58. The Morgan fingerprint density at radius 3 is 2.43 bits per heavy atom. The number of hydrogen-bond acceptors (Lipinski definition) is 3. The molecule has 0 amide bonds. The van der Waals surface area contributed by atoms with Crippen LogP contribution in [-0.2, 0) is 14.3 Å². The van der Waals surface area contributed by atoms with E-state index >= 15 is 0 Å². The molecule has 0 aromatic carbocycles. The number of carboxylic acids is 2. The van der Waals surface area contributed by atoms with Crippen molar-refractivity contribution in [2.75, 3.05) is 0 Å². The minimum Gasteiger partial charge on any atom is -0.481 e. The summed E-state index contributed by atoms with van der Waals surface area (Å²) >= 11 is 0. The number of carbonyl (C=O) groups is 2. The van der Waals surface area contributed by atoms with Gasteiger partial charge >= 0.3 is 11.9 Å². The van der Waals surface area contributed by atoms with Crippen LogP contribution in [0.4, 0.5) is 0 Å². The van der Waals surface area contributed by atoms with Crippen LogP contribution in [0.5, 0.6) is 0 Å². The van der Waals surface area contributed by atoms with E-state index in [-0.39, 0.29) is 12.5 Å². The maximum Gasteiger partial charge on any atom is 0.309 e. The Labute approximate surface area is 80.0 Å². The molecule has 1 fully saturated rings. The molecule has 1 saturated heterocycles. The van der Waals surface area contributed by atoms with E-state index in [0.717, 1.165) is 0 Å². The lowest BCUT2D eigenvalue weighted by molar-refractivity contribution is -0.145. The van der Waals surface area contributed by atoms with Crippen LogP contribution < -0.4 is 0 Å². The summed E-state index contributed by atoms with van der Waals surface area (Å²) in [6.07, 6.45) is 2.51. The van der Waals surface area contributed by atoms with Crippen molar-refractivity contribution >= 4 is 11.9 Å². The van der Waals surface area contributed by atoms with E-state index in [1.165, 1.54) is 0 Å². The summed E-state index contributed by atoms with van der Waals surface area (Å²) in [5.74, 6) is -3.10. The maximum atomic E-state index is 10.9. The van der Waals surface area contributed by atoms with Gasteiger partial charge in [0.15, 0.2) is 0 Å². The summed E-state index contributed by atoms with van der Waals surface area (Å²) < 4.78 is 5.30. The summed E-state index contributed by atoms with van der Waals surface area (Å²) in [6.45, 7) is 0. The van der Waals surface area contributed by atoms with Gasteiger partial charge in [-0.1, -0.05) is 12.2 Å². The smallest absolute Gasteiger partial charge is 0.309 e. The molecule has 4 unspecified atom stereocenters. The predicted molar refractivity (Wildman–Crippen MR) is 44.7 cm³/mol. The Balaban J connectivity index is 2.18. The van der Waals surface area contributed by atoms with Crippen LogP contribution >= 0.6 is 0 Å². The third-order valence-corrected chi connectivity index (χ3v) is 2.74.